The Balaban J connectivity index is 0. The number of aliphatic carboxylic acids is 1. The van der Waals surface area contributed by atoms with Gasteiger partial charge in [-0.3, -0.25) is 0 Å². The third-order valence-electron chi connectivity index (χ3n) is 2.92. The number of H-pyrrole nitrogens is 1. The van der Waals surface area contributed by atoms with Crippen LogP contribution in [0.2, 0.25) is 0 Å². The Morgan fingerprint density at radius 1 is 1.30 bits per heavy atom. The molecule has 0 aliphatic rings. The summed E-state index contributed by atoms with van der Waals surface area (Å²) < 4.78 is 1.53. The Hall–Kier alpha value is 0.760. The minimum absolute atomic E-state index is 0. The van der Waals surface area contributed by atoms with Gasteiger partial charge in [-0.15, -0.1) is 0 Å². The van der Waals surface area contributed by atoms with E-state index in [4.69, 9.17) is 17.3 Å². The second kappa shape index (κ2) is 13.4. The van der Waals surface area contributed by atoms with E-state index in [1.807, 2.05) is 0 Å². The zero-order valence-electron chi connectivity index (χ0n) is 12.6. The van der Waals surface area contributed by atoms with E-state index in [0.29, 0.717) is 6.42 Å². The standard InChI is InChI=1S/C11H20N4O2S.2Na/c1-2-3-4-5-6-7-8-9(10(16)17)15-11(18)12-13-14-15;;/h9H,2-8H2,1H3,(H,16,17)(H,12,14,18);;. The van der Waals surface area contributed by atoms with Gasteiger partial charge in [0.25, 0.3) is 0 Å². The number of nitrogens with zero attached hydrogens (tertiary/aromatic N) is 3. The van der Waals surface area contributed by atoms with Crippen LogP contribution in [0.5, 0.6) is 0 Å². The van der Waals surface area contributed by atoms with Crippen molar-refractivity contribution in [1.29, 1.82) is 0 Å². The normalized spacial score (nSPS) is 11.2. The van der Waals surface area contributed by atoms with Crippen LogP contribution in [-0.2, 0) is 4.79 Å². The molecule has 9 heteroatoms. The van der Waals surface area contributed by atoms with E-state index in [1.165, 1.54) is 23.9 Å². The zero-order valence-corrected chi connectivity index (χ0v) is 17.4. The number of aromatic amines is 1. The molecule has 0 amide bonds. The maximum atomic E-state index is 11.2. The van der Waals surface area contributed by atoms with Crippen molar-refractivity contribution >= 4 is 77.3 Å². The van der Waals surface area contributed by atoms with Gasteiger partial charge < -0.3 is 5.11 Å². The molecule has 2 radical (unpaired) electrons. The molecule has 104 valence electrons. The first-order chi connectivity index (χ1) is 8.66. The largest absolute Gasteiger partial charge is 0.480 e. The molecule has 1 rings (SSSR count). The van der Waals surface area contributed by atoms with Crippen LogP contribution in [0.1, 0.15) is 57.9 Å². The van der Waals surface area contributed by atoms with Crippen LogP contribution in [0.3, 0.4) is 0 Å². The Morgan fingerprint density at radius 3 is 2.40 bits per heavy atom. The maximum Gasteiger partial charge on any atom is 0.328 e. The molecule has 1 heterocycles. The summed E-state index contributed by atoms with van der Waals surface area (Å²) in [7, 11) is 0. The van der Waals surface area contributed by atoms with Crippen LogP contribution in [0, 0.1) is 4.77 Å². The van der Waals surface area contributed by atoms with Crippen molar-refractivity contribution in [2.75, 3.05) is 0 Å². The van der Waals surface area contributed by atoms with E-state index in [1.54, 1.807) is 0 Å². The predicted octanol–water partition coefficient (Wildman–Crippen LogP) is 1.95. The molecule has 1 atom stereocenters. The van der Waals surface area contributed by atoms with Gasteiger partial charge in [-0.2, -0.15) is 5.21 Å². The molecule has 20 heavy (non-hydrogen) atoms. The van der Waals surface area contributed by atoms with E-state index < -0.39 is 12.0 Å². The van der Waals surface area contributed by atoms with Crippen molar-refractivity contribution in [3.63, 3.8) is 0 Å². The first-order valence-corrected chi connectivity index (χ1v) is 6.80. The Labute approximate surface area is 168 Å². The number of tetrazole rings is 1. The average molecular weight is 318 g/mol. The molecule has 0 aromatic carbocycles. The van der Waals surface area contributed by atoms with Crippen LogP contribution in [0.4, 0.5) is 0 Å². The SMILES string of the molecule is CCCCCCCCC(C(=O)O)n1[nH]nnc1=S.[Na].[Na]. The van der Waals surface area contributed by atoms with Crippen molar-refractivity contribution in [3.05, 3.63) is 4.77 Å². The summed E-state index contributed by atoms with van der Waals surface area (Å²) in [5, 5.41) is 18.8. The summed E-state index contributed by atoms with van der Waals surface area (Å²) in [4.78, 5) is 11.2. The maximum absolute atomic E-state index is 11.2. The van der Waals surface area contributed by atoms with Gasteiger partial charge >= 0.3 is 5.97 Å². The number of hydrogen-bond acceptors (Lipinski definition) is 4. The van der Waals surface area contributed by atoms with Crippen molar-refractivity contribution < 1.29 is 9.90 Å². The second-order valence-corrected chi connectivity index (χ2v) is 4.73. The molecule has 0 bridgehead atoms. The van der Waals surface area contributed by atoms with Crippen LogP contribution in [-0.4, -0.2) is 90.4 Å². The molecule has 0 aliphatic heterocycles. The van der Waals surface area contributed by atoms with Gasteiger partial charge in [0.05, 0.1) is 0 Å². The van der Waals surface area contributed by atoms with Gasteiger partial charge in [0.15, 0.2) is 6.04 Å². The van der Waals surface area contributed by atoms with Gasteiger partial charge in [0, 0.05) is 59.1 Å². The topological polar surface area (TPSA) is 83.8 Å². The number of unbranched alkanes of at least 4 members (excludes halogenated alkanes) is 5. The van der Waals surface area contributed by atoms with Crippen LogP contribution in [0.25, 0.3) is 0 Å². The molecule has 6 nitrogen and oxygen atoms in total. The van der Waals surface area contributed by atoms with E-state index in [-0.39, 0.29) is 63.9 Å². The Bertz CT molecular complexity index is 425. The molecule has 1 unspecified atom stereocenters. The fraction of sp³-hybridized carbons (Fsp3) is 0.818. The third kappa shape index (κ3) is 8.26. The van der Waals surface area contributed by atoms with E-state index in [0.717, 1.165) is 19.3 Å². The molecule has 0 fully saturated rings. The van der Waals surface area contributed by atoms with E-state index in [9.17, 15) is 4.79 Å². The molecule has 0 saturated carbocycles. The fourth-order valence-corrected chi connectivity index (χ4v) is 2.10. The number of hydrogen-bond donors (Lipinski definition) is 2. The molecular weight excluding hydrogens is 298 g/mol. The van der Waals surface area contributed by atoms with Crippen molar-refractivity contribution in [2.45, 2.75) is 57.9 Å². The summed E-state index contributed by atoms with van der Waals surface area (Å²) in [6.45, 7) is 2.17. The quantitative estimate of drug-likeness (QED) is 0.413. The number of nitrogens with one attached hydrogen (secondary N) is 1. The molecular formula is C11H20N4Na2O2S. The fourth-order valence-electron chi connectivity index (χ4n) is 1.89. The molecule has 0 saturated heterocycles. The van der Waals surface area contributed by atoms with Crippen molar-refractivity contribution in [2.24, 2.45) is 0 Å². The minimum atomic E-state index is -0.897. The smallest absolute Gasteiger partial charge is 0.328 e. The van der Waals surface area contributed by atoms with Gasteiger partial charge in [-0.1, -0.05) is 55.8 Å². The molecule has 1 aromatic heterocycles. The van der Waals surface area contributed by atoms with Gasteiger partial charge in [-0.05, 0) is 18.6 Å². The number of carbonyl (C=O) groups is 1. The monoisotopic (exact) mass is 318 g/mol. The van der Waals surface area contributed by atoms with Gasteiger partial charge in [0.2, 0.25) is 4.77 Å². The van der Waals surface area contributed by atoms with Crippen molar-refractivity contribution in [1.82, 2.24) is 20.2 Å². The first kappa shape index (κ1) is 23.0. The molecule has 1 aromatic rings. The molecule has 2 N–H and O–H groups in total. The minimum Gasteiger partial charge on any atom is -0.480 e. The van der Waals surface area contributed by atoms with Crippen molar-refractivity contribution in [3.8, 4) is 0 Å². The summed E-state index contributed by atoms with van der Waals surface area (Å²) in [5.74, 6) is -0.897. The van der Waals surface area contributed by atoms with Gasteiger partial charge in [0.1, 0.15) is 0 Å². The summed E-state index contributed by atoms with van der Waals surface area (Å²) >= 11 is 4.91. The summed E-state index contributed by atoms with van der Waals surface area (Å²) in [6.07, 6.45) is 7.33. The van der Waals surface area contributed by atoms with Crippen LogP contribution >= 0.6 is 12.2 Å². The third-order valence-corrected chi connectivity index (χ3v) is 3.20. The summed E-state index contributed by atoms with van der Waals surface area (Å²) in [6, 6.07) is -0.682. The number of rotatable bonds is 9. The average Bonchev–Trinajstić information content (AvgIpc) is 2.74. The number of carboxylic acids is 1. The Morgan fingerprint density at radius 2 is 1.90 bits per heavy atom. The molecule has 0 aliphatic carbocycles. The predicted molar refractivity (Wildman–Crippen MR) is 81.4 cm³/mol. The van der Waals surface area contributed by atoms with Gasteiger partial charge in [-0.25, -0.2) is 9.48 Å². The van der Waals surface area contributed by atoms with E-state index >= 15 is 0 Å². The second-order valence-electron chi connectivity index (χ2n) is 4.36. The zero-order chi connectivity index (χ0) is 13.4. The number of aromatic nitrogens is 4. The summed E-state index contributed by atoms with van der Waals surface area (Å²) in [5.41, 5.74) is 0. The Kier molecular flexibility index (Phi) is 15.5. The van der Waals surface area contributed by atoms with Crippen LogP contribution < -0.4 is 0 Å². The first-order valence-electron chi connectivity index (χ1n) is 6.39. The van der Waals surface area contributed by atoms with Crippen LogP contribution in [0.15, 0.2) is 0 Å². The molecule has 0 spiro atoms. The number of carboxylic acid groups (broad SMARTS) is 1. The van der Waals surface area contributed by atoms with E-state index in [2.05, 4.69) is 22.4 Å².